The minimum absolute atomic E-state index is 0.0649. The highest BCUT2D eigenvalue weighted by molar-refractivity contribution is 4.80. The first-order valence-electron chi connectivity index (χ1n) is 4.10. The summed E-state index contributed by atoms with van der Waals surface area (Å²) >= 11 is 0. The number of hydrogen-bond donors (Lipinski definition) is 1. The highest BCUT2D eigenvalue weighted by Crippen LogP contribution is 2.19. The van der Waals surface area contributed by atoms with Crippen molar-refractivity contribution in [1.29, 1.82) is 0 Å². The van der Waals surface area contributed by atoms with Gasteiger partial charge in [-0.3, -0.25) is 0 Å². The summed E-state index contributed by atoms with van der Waals surface area (Å²) in [5.74, 6) is 0.537. The maximum absolute atomic E-state index is 9.45. The molecule has 2 nitrogen and oxygen atoms in total. The van der Waals surface area contributed by atoms with Gasteiger partial charge in [-0.25, -0.2) is 0 Å². The van der Waals surface area contributed by atoms with Crippen LogP contribution in [0.2, 0.25) is 0 Å². The standard InChI is InChI=1S/C8H17NO/c1-3-4-7-5-9(2)6-8(7)10/h7-8,10H,3-6H2,1-2H3. The third-order valence-corrected chi connectivity index (χ3v) is 2.25. The lowest BCUT2D eigenvalue weighted by Crippen LogP contribution is -2.17. The third kappa shape index (κ3) is 1.70. The van der Waals surface area contributed by atoms with Gasteiger partial charge in [0.1, 0.15) is 0 Å². The lowest BCUT2D eigenvalue weighted by molar-refractivity contribution is 0.139. The lowest BCUT2D eigenvalue weighted by atomic mass is 10.0. The van der Waals surface area contributed by atoms with E-state index in [0.29, 0.717) is 5.92 Å². The maximum Gasteiger partial charge on any atom is 0.0707 e. The van der Waals surface area contributed by atoms with Gasteiger partial charge in [0.15, 0.2) is 0 Å². The maximum atomic E-state index is 9.45. The quantitative estimate of drug-likeness (QED) is 0.615. The first kappa shape index (κ1) is 8.02. The van der Waals surface area contributed by atoms with Crippen LogP contribution in [0.15, 0.2) is 0 Å². The fourth-order valence-corrected chi connectivity index (χ4v) is 1.72. The molecule has 1 N–H and O–H groups in total. The second-order valence-corrected chi connectivity index (χ2v) is 3.34. The molecule has 1 aliphatic rings. The Hall–Kier alpha value is -0.0800. The van der Waals surface area contributed by atoms with Crippen molar-refractivity contribution in [3.8, 4) is 0 Å². The molecule has 2 unspecified atom stereocenters. The van der Waals surface area contributed by atoms with E-state index in [-0.39, 0.29) is 6.10 Å². The van der Waals surface area contributed by atoms with Gasteiger partial charge in [0.25, 0.3) is 0 Å². The normalized spacial score (nSPS) is 35.1. The number of nitrogens with zero attached hydrogens (tertiary/aromatic N) is 1. The van der Waals surface area contributed by atoms with Crippen molar-refractivity contribution in [2.45, 2.75) is 25.9 Å². The average molecular weight is 143 g/mol. The summed E-state index contributed by atoms with van der Waals surface area (Å²) in [6, 6.07) is 0. The summed E-state index contributed by atoms with van der Waals surface area (Å²) in [5, 5.41) is 9.45. The third-order valence-electron chi connectivity index (χ3n) is 2.25. The Bertz CT molecular complexity index is 105. The van der Waals surface area contributed by atoms with E-state index in [2.05, 4.69) is 18.9 Å². The van der Waals surface area contributed by atoms with E-state index in [1.165, 1.54) is 12.8 Å². The van der Waals surface area contributed by atoms with Crippen LogP contribution in [0.4, 0.5) is 0 Å². The van der Waals surface area contributed by atoms with Crippen LogP contribution in [0.25, 0.3) is 0 Å². The molecule has 0 bridgehead atoms. The predicted octanol–water partition coefficient (Wildman–Crippen LogP) is 0.709. The summed E-state index contributed by atoms with van der Waals surface area (Å²) in [5.41, 5.74) is 0. The fraction of sp³-hybridized carbons (Fsp3) is 1.00. The molecule has 0 amide bonds. The largest absolute Gasteiger partial charge is 0.391 e. The fourth-order valence-electron chi connectivity index (χ4n) is 1.72. The monoisotopic (exact) mass is 143 g/mol. The number of β-amino-alcohol motifs (C(OH)–C–C–N with tert-alkyl or cyclic N) is 1. The minimum Gasteiger partial charge on any atom is -0.391 e. The zero-order valence-electron chi connectivity index (χ0n) is 6.88. The summed E-state index contributed by atoms with van der Waals surface area (Å²) in [7, 11) is 2.07. The Kier molecular flexibility index (Phi) is 2.69. The van der Waals surface area contributed by atoms with E-state index in [4.69, 9.17) is 0 Å². The van der Waals surface area contributed by atoms with Gasteiger partial charge in [-0.05, 0) is 19.4 Å². The number of hydrogen-bond acceptors (Lipinski definition) is 2. The Morgan fingerprint density at radius 3 is 2.60 bits per heavy atom. The second-order valence-electron chi connectivity index (χ2n) is 3.34. The van der Waals surface area contributed by atoms with Crippen molar-refractivity contribution < 1.29 is 5.11 Å². The van der Waals surface area contributed by atoms with E-state index in [9.17, 15) is 5.11 Å². The molecule has 1 aliphatic heterocycles. The number of likely N-dealkylation sites (N-methyl/N-ethyl adjacent to an activating group) is 1. The number of aliphatic hydroxyl groups excluding tert-OH is 1. The topological polar surface area (TPSA) is 23.5 Å². The molecule has 0 aliphatic carbocycles. The van der Waals surface area contributed by atoms with Crippen molar-refractivity contribution in [1.82, 2.24) is 4.90 Å². The van der Waals surface area contributed by atoms with E-state index < -0.39 is 0 Å². The van der Waals surface area contributed by atoms with Crippen LogP contribution < -0.4 is 0 Å². The predicted molar refractivity (Wildman–Crippen MR) is 41.9 cm³/mol. The Balaban J connectivity index is 2.31. The van der Waals surface area contributed by atoms with Crippen molar-refractivity contribution in [3.63, 3.8) is 0 Å². The first-order valence-corrected chi connectivity index (χ1v) is 4.10. The van der Waals surface area contributed by atoms with Crippen LogP contribution in [0.3, 0.4) is 0 Å². The van der Waals surface area contributed by atoms with Gasteiger partial charge in [0.2, 0.25) is 0 Å². The summed E-state index contributed by atoms with van der Waals surface area (Å²) in [6.45, 7) is 4.12. The Morgan fingerprint density at radius 2 is 2.20 bits per heavy atom. The Labute approximate surface area is 62.8 Å². The van der Waals surface area contributed by atoms with Gasteiger partial charge in [0.05, 0.1) is 6.10 Å². The van der Waals surface area contributed by atoms with Crippen LogP contribution in [0.5, 0.6) is 0 Å². The van der Waals surface area contributed by atoms with Gasteiger partial charge in [0, 0.05) is 13.1 Å². The molecule has 10 heavy (non-hydrogen) atoms. The molecular formula is C8H17NO. The number of rotatable bonds is 2. The van der Waals surface area contributed by atoms with Crippen LogP contribution >= 0.6 is 0 Å². The molecule has 1 rings (SSSR count). The van der Waals surface area contributed by atoms with Crippen molar-refractivity contribution in [3.05, 3.63) is 0 Å². The molecule has 60 valence electrons. The smallest absolute Gasteiger partial charge is 0.0707 e. The van der Waals surface area contributed by atoms with Gasteiger partial charge in [-0.1, -0.05) is 13.3 Å². The van der Waals surface area contributed by atoms with E-state index in [1.807, 2.05) is 0 Å². The molecule has 1 saturated heterocycles. The van der Waals surface area contributed by atoms with Gasteiger partial charge in [-0.15, -0.1) is 0 Å². The molecule has 1 fully saturated rings. The highest BCUT2D eigenvalue weighted by atomic mass is 16.3. The molecule has 0 aromatic rings. The first-order chi connectivity index (χ1) is 4.74. The molecule has 0 radical (unpaired) electrons. The summed E-state index contributed by atoms with van der Waals surface area (Å²) in [6.07, 6.45) is 2.30. The van der Waals surface area contributed by atoms with E-state index in [0.717, 1.165) is 13.1 Å². The van der Waals surface area contributed by atoms with Crippen LogP contribution in [0.1, 0.15) is 19.8 Å². The molecule has 0 saturated carbocycles. The summed E-state index contributed by atoms with van der Waals surface area (Å²) < 4.78 is 0. The highest BCUT2D eigenvalue weighted by Gasteiger charge is 2.27. The molecule has 0 aromatic heterocycles. The van der Waals surface area contributed by atoms with Crippen LogP contribution in [-0.4, -0.2) is 36.2 Å². The van der Waals surface area contributed by atoms with E-state index in [1.54, 1.807) is 0 Å². The van der Waals surface area contributed by atoms with E-state index >= 15 is 0 Å². The van der Waals surface area contributed by atoms with Crippen molar-refractivity contribution >= 4 is 0 Å². The molecule has 2 atom stereocenters. The molecule has 1 heterocycles. The lowest BCUT2D eigenvalue weighted by Gasteiger charge is -2.10. The minimum atomic E-state index is -0.0649. The van der Waals surface area contributed by atoms with Crippen LogP contribution in [0, 0.1) is 5.92 Å². The Morgan fingerprint density at radius 1 is 1.50 bits per heavy atom. The van der Waals surface area contributed by atoms with Gasteiger partial charge >= 0.3 is 0 Å². The summed E-state index contributed by atoms with van der Waals surface area (Å²) in [4.78, 5) is 2.20. The van der Waals surface area contributed by atoms with Gasteiger partial charge in [-0.2, -0.15) is 0 Å². The van der Waals surface area contributed by atoms with Gasteiger partial charge < -0.3 is 10.0 Å². The van der Waals surface area contributed by atoms with Crippen LogP contribution in [-0.2, 0) is 0 Å². The van der Waals surface area contributed by atoms with Crippen molar-refractivity contribution in [2.75, 3.05) is 20.1 Å². The second kappa shape index (κ2) is 3.35. The van der Waals surface area contributed by atoms with Crippen molar-refractivity contribution in [2.24, 2.45) is 5.92 Å². The zero-order valence-corrected chi connectivity index (χ0v) is 6.88. The number of likely N-dealkylation sites (tertiary alicyclic amines) is 1. The molecule has 0 spiro atoms. The zero-order chi connectivity index (χ0) is 7.56. The molecular weight excluding hydrogens is 126 g/mol. The average Bonchev–Trinajstić information content (AvgIpc) is 2.13. The molecule has 2 heteroatoms. The number of aliphatic hydroxyl groups is 1. The SMILES string of the molecule is CCCC1CN(C)CC1O. The molecule has 0 aromatic carbocycles.